The summed E-state index contributed by atoms with van der Waals surface area (Å²) in [5.41, 5.74) is 0.910. The molecule has 4 nitrogen and oxygen atoms in total. The van der Waals surface area contributed by atoms with E-state index >= 15 is 0 Å². The van der Waals surface area contributed by atoms with Crippen LogP contribution in [0.4, 0.5) is 0 Å². The lowest BCUT2D eigenvalue weighted by atomic mass is 10.2. The van der Waals surface area contributed by atoms with Gasteiger partial charge in [0.2, 0.25) is 0 Å². The number of amides is 1. The zero-order valence-electron chi connectivity index (χ0n) is 10.5. The molecule has 1 unspecified atom stereocenters. The summed E-state index contributed by atoms with van der Waals surface area (Å²) >= 11 is 0. The molecule has 1 aromatic heterocycles. The summed E-state index contributed by atoms with van der Waals surface area (Å²) < 4.78 is 5.26. The van der Waals surface area contributed by atoms with Crippen molar-refractivity contribution in [2.75, 3.05) is 19.6 Å². The van der Waals surface area contributed by atoms with Gasteiger partial charge in [-0.05, 0) is 39.3 Å². The van der Waals surface area contributed by atoms with Crippen LogP contribution in [-0.4, -0.2) is 36.5 Å². The molecule has 2 heterocycles. The van der Waals surface area contributed by atoms with Gasteiger partial charge in [-0.15, -0.1) is 0 Å². The molecule has 1 amide bonds. The van der Waals surface area contributed by atoms with Crippen molar-refractivity contribution in [3.63, 3.8) is 0 Å². The number of carbonyl (C=O) groups is 1. The van der Waals surface area contributed by atoms with E-state index in [4.69, 9.17) is 4.42 Å². The van der Waals surface area contributed by atoms with Gasteiger partial charge >= 0.3 is 0 Å². The quantitative estimate of drug-likeness (QED) is 0.867. The molecule has 1 aliphatic rings. The van der Waals surface area contributed by atoms with Crippen molar-refractivity contribution in [2.45, 2.75) is 32.7 Å². The second-order valence-corrected chi connectivity index (χ2v) is 4.57. The number of rotatable bonds is 4. The topological polar surface area (TPSA) is 45.5 Å². The zero-order valence-corrected chi connectivity index (χ0v) is 10.5. The van der Waals surface area contributed by atoms with E-state index in [-0.39, 0.29) is 5.91 Å². The molecule has 4 heteroatoms. The normalized spacial score (nSPS) is 19.5. The second kappa shape index (κ2) is 5.36. The van der Waals surface area contributed by atoms with Gasteiger partial charge in [0.1, 0.15) is 0 Å². The maximum Gasteiger partial charge on any atom is 0.289 e. The Morgan fingerprint density at radius 1 is 1.65 bits per heavy atom. The lowest BCUT2D eigenvalue weighted by molar-refractivity contribution is 0.0718. The largest absolute Gasteiger partial charge is 0.459 e. The molecule has 1 N–H and O–H groups in total. The summed E-state index contributed by atoms with van der Waals surface area (Å²) in [6.45, 7) is 6.46. The first kappa shape index (κ1) is 12.2. The fraction of sp³-hybridized carbons (Fsp3) is 0.615. The second-order valence-electron chi connectivity index (χ2n) is 4.57. The van der Waals surface area contributed by atoms with Crippen molar-refractivity contribution < 1.29 is 9.21 Å². The van der Waals surface area contributed by atoms with Crippen molar-refractivity contribution in [1.82, 2.24) is 10.2 Å². The van der Waals surface area contributed by atoms with E-state index in [0.717, 1.165) is 31.6 Å². The number of furan rings is 1. The van der Waals surface area contributed by atoms with Gasteiger partial charge in [-0.2, -0.15) is 0 Å². The monoisotopic (exact) mass is 236 g/mol. The maximum absolute atomic E-state index is 12.2. The van der Waals surface area contributed by atoms with Crippen LogP contribution in [0.3, 0.4) is 0 Å². The van der Waals surface area contributed by atoms with Gasteiger partial charge in [-0.25, -0.2) is 0 Å². The first-order chi connectivity index (χ1) is 8.22. The average molecular weight is 236 g/mol. The van der Waals surface area contributed by atoms with Crippen molar-refractivity contribution in [2.24, 2.45) is 0 Å². The van der Waals surface area contributed by atoms with Gasteiger partial charge < -0.3 is 14.6 Å². The molecule has 0 saturated carbocycles. The predicted molar refractivity (Wildman–Crippen MR) is 66.0 cm³/mol. The molecule has 0 aliphatic carbocycles. The Kier molecular flexibility index (Phi) is 3.84. The molecule has 94 valence electrons. The molecule has 0 radical (unpaired) electrons. The van der Waals surface area contributed by atoms with Crippen LogP contribution >= 0.6 is 0 Å². The first-order valence-electron chi connectivity index (χ1n) is 6.29. The minimum Gasteiger partial charge on any atom is -0.459 e. The van der Waals surface area contributed by atoms with Crippen LogP contribution in [0.1, 0.15) is 35.9 Å². The fourth-order valence-corrected chi connectivity index (χ4v) is 2.27. The number of carbonyl (C=O) groups excluding carboxylic acids is 1. The highest BCUT2D eigenvalue weighted by atomic mass is 16.3. The molecule has 0 spiro atoms. The summed E-state index contributed by atoms with van der Waals surface area (Å²) in [7, 11) is 0. The van der Waals surface area contributed by atoms with Crippen LogP contribution in [0.25, 0.3) is 0 Å². The SMILES string of the molecule is CCN(CC1CCCN1)C(=O)c1occc1C. The minimum atomic E-state index is 0.00343. The molecule has 2 rings (SSSR count). The average Bonchev–Trinajstić information content (AvgIpc) is 2.96. The Bertz CT molecular complexity index is 381. The number of nitrogens with zero attached hydrogens (tertiary/aromatic N) is 1. The van der Waals surface area contributed by atoms with Crippen molar-refractivity contribution in [3.8, 4) is 0 Å². The van der Waals surface area contributed by atoms with E-state index in [1.807, 2.05) is 24.8 Å². The van der Waals surface area contributed by atoms with Crippen molar-refractivity contribution in [1.29, 1.82) is 0 Å². The van der Waals surface area contributed by atoms with Gasteiger partial charge in [0.05, 0.1) is 6.26 Å². The van der Waals surface area contributed by atoms with E-state index in [1.165, 1.54) is 6.42 Å². The number of hydrogen-bond acceptors (Lipinski definition) is 3. The molecule has 1 saturated heterocycles. The lowest BCUT2D eigenvalue weighted by Crippen LogP contribution is -2.41. The molecular weight excluding hydrogens is 216 g/mol. The van der Waals surface area contributed by atoms with Gasteiger partial charge in [0.25, 0.3) is 5.91 Å². The first-order valence-corrected chi connectivity index (χ1v) is 6.29. The Morgan fingerprint density at radius 3 is 3.00 bits per heavy atom. The van der Waals surface area contributed by atoms with Crippen LogP contribution in [-0.2, 0) is 0 Å². The molecule has 17 heavy (non-hydrogen) atoms. The predicted octanol–water partition coefficient (Wildman–Crippen LogP) is 1.80. The Labute approximate surface area is 102 Å². The van der Waals surface area contributed by atoms with E-state index in [9.17, 15) is 4.79 Å². The number of likely N-dealkylation sites (N-methyl/N-ethyl adjacent to an activating group) is 1. The Hall–Kier alpha value is -1.29. The maximum atomic E-state index is 12.2. The summed E-state index contributed by atoms with van der Waals surface area (Å²) in [5, 5.41) is 3.41. The highest BCUT2D eigenvalue weighted by molar-refractivity contribution is 5.92. The third-order valence-corrected chi connectivity index (χ3v) is 3.33. The summed E-state index contributed by atoms with van der Waals surface area (Å²) in [5.74, 6) is 0.480. The Balaban J connectivity index is 2.02. The van der Waals surface area contributed by atoms with Gasteiger partial charge in [-0.3, -0.25) is 4.79 Å². The van der Waals surface area contributed by atoms with Crippen LogP contribution in [0, 0.1) is 6.92 Å². The van der Waals surface area contributed by atoms with E-state index in [0.29, 0.717) is 11.8 Å². The number of nitrogens with one attached hydrogen (secondary N) is 1. The van der Waals surface area contributed by atoms with Gasteiger partial charge in [0.15, 0.2) is 5.76 Å². The van der Waals surface area contributed by atoms with Crippen LogP contribution < -0.4 is 5.32 Å². The van der Waals surface area contributed by atoms with Crippen molar-refractivity contribution in [3.05, 3.63) is 23.7 Å². The fourth-order valence-electron chi connectivity index (χ4n) is 2.27. The van der Waals surface area contributed by atoms with E-state index in [2.05, 4.69) is 5.32 Å². The molecule has 1 aliphatic heterocycles. The molecule has 0 aromatic carbocycles. The summed E-state index contributed by atoms with van der Waals surface area (Å²) in [6.07, 6.45) is 3.93. The zero-order chi connectivity index (χ0) is 12.3. The van der Waals surface area contributed by atoms with Crippen molar-refractivity contribution >= 4 is 5.91 Å². The standard InChI is InChI=1S/C13H20N2O2/c1-3-15(9-11-5-4-7-14-11)13(16)12-10(2)6-8-17-12/h6,8,11,14H,3-5,7,9H2,1-2H3. The molecule has 1 atom stereocenters. The number of aryl methyl sites for hydroxylation is 1. The number of hydrogen-bond donors (Lipinski definition) is 1. The van der Waals surface area contributed by atoms with E-state index in [1.54, 1.807) is 6.26 Å². The minimum absolute atomic E-state index is 0.00343. The third-order valence-electron chi connectivity index (χ3n) is 3.33. The molecular formula is C13H20N2O2. The summed E-state index contributed by atoms with van der Waals surface area (Å²) in [4.78, 5) is 14.1. The third kappa shape index (κ3) is 2.69. The Morgan fingerprint density at radius 2 is 2.47 bits per heavy atom. The lowest BCUT2D eigenvalue weighted by Gasteiger charge is -2.23. The van der Waals surface area contributed by atoms with Gasteiger partial charge in [-0.1, -0.05) is 0 Å². The van der Waals surface area contributed by atoms with Crippen LogP contribution in [0.15, 0.2) is 16.7 Å². The smallest absolute Gasteiger partial charge is 0.289 e. The molecule has 1 fully saturated rings. The molecule has 0 bridgehead atoms. The van der Waals surface area contributed by atoms with Gasteiger partial charge in [0, 0.05) is 24.7 Å². The summed E-state index contributed by atoms with van der Waals surface area (Å²) in [6, 6.07) is 2.27. The highest BCUT2D eigenvalue weighted by Crippen LogP contribution is 2.14. The molecule has 1 aromatic rings. The van der Waals surface area contributed by atoms with Crippen LogP contribution in [0.2, 0.25) is 0 Å². The van der Waals surface area contributed by atoms with E-state index < -0.39 is 0 Å². The van der Waals surface area contributed by atoms with Crippen LogP contribution in [0.5, 0.6) is 0 Å². The highest BCUT2D eigenvalue weighted by Gasteiger charge is 2.23.